The van der Waals surface area contributed by atoms with Crippen LogP contribution in [0.5, 0.6) is 0 Å². The van der Waals surface area contributed by atoms with Crippen LogP contribution in [0.2, 0.25) is 0 Å². The maximum atomic E-state index is 14.6. The number of nitrogens with one attached hydrogen (secondary N) is 2. The van der Waals surface area contributed by atoms with Gasteiger partial charge in [0, 0.05) is 79.4 Å². The first-order chi connectivity index (χ1) is 29.9. The van der Waals surface area contributed by atoms with Crippen LogP contribution in [0.15, 0.2) is 79.1 Å². The summed E-state index contributed by atoms with van der Waals surface area (Å²) in [5, 5.41) is 11.9. The molecule has 318 valence electrons. The fourth-order valence-corrected chi connectivity index (χ4v) is 8.73. The predicted octanol–water partition coefficient (Wildman–Crippen LogP) is 5.31. The van der Waals surface area contributed by atoms with E-state index in [0.717, 1.165) is 48.7 Å². The van der Waals surface area contributed by atoms with Gasteiger partial charge in [0.1, 0.15) is 5.69 Å². The third-order valence-corrected chi connectivity index (χ3v) is 12.1. The number of hydrazine groups is 1. The zero-order valence-corrected chi connectivity index (χ0v) is 33.9. The lowest BCUT2D eigenvalue weighted by atomic mass is 10.0. The summed E-state index contributed by atoms with van der Waals surface area (Å²) < 4.78 is 45.3. The summed E-state index contributed by atoms with van der Waals surface area (Å²) in [6.45, 7) is 6.85. The van der Waals surface area contributed by atoms with Gasteiger partial charge in [-0.25, -0.2) is 24.3 Å². The van der Waals surface area contributed by atoms with E-state index >= 15 is 0 Å². The minimum atomic E-state index is -4.64. The Morgan fingerprint density at radius 3 is 2.48 bits per heavy atom. The highest BCUT2D eigenvalue weighted by atomic mass is 19.4. The van der Waals surface area contributed by atoms with Crippen LogP contribution in [0, 0.1) is 18.8 Å². The van der Waals surface area contributed by atoms with E-state index in [1.807, 2.05) is 31.2 Å². The number of hydrogen-bond donors (Lipinski definition) is 2. The Labute approximate surface area is 355 Å². The molecule has 0 saturated carbocycles. The molecule has 9 rings (SSSR count). The topological polar surface area (TPSA) is 139 Å². The van der Waals surface area contributed by atoms with Crippen LogP contribution in [0.1, 0.15) is 73.5 Å². The number of imide groups is 1. The third-order valence-electron chi connectivity index (χ3n) is 12.1. The van der Waals surface area contributed by atoms with Gasteiger partial charge in [0.05, 0.1) is 24.8 Å². The first kappa shape index (κ1) is 40.6. The molecule has 62 heavy (non-hydrogen) atoms. The van der Waals surface area contributed by atoms with Crippen molar-refractivity contribution in [2.75, 3.05) is 56.0 Å². The molecule has 5 aromatic rings. The van der Waals surface area contributed by atoms with Crippen LogP contribution >= 0.6 is 0 Å². The molecule has 2 aromatic heterocycles. The van der Waals surface area contributed by atoms with Crippen LogP contribution in [0.3, 0.4) is 0 Å². The van der Waals surface area contributed by atoms with Gasteiger partial charge in [0.15, 0.2) is 5.65 Å². The maximum Gasteiger partial charge on any atom is 0.418 e. The molecule has 0 unspecified atom stereocenters. The fraction of sp³-hybridized carbons (Fsp3) is 0.333. The number of aryl methyl sites for hydroxylation is 1. The summed E-state index contributed by atoms with van der Waals surface area (Å²) in [7, 11) is 0. The number of rotatable bonds is 7. The summed E-state index contributed by atoms with van der Waals surface area (Å²) in [4.78, 5) is 61.2. The van der Waals surface area contributed by atoms with E-state index < -0.39 is 23.7 Å². The largest absolute Gasteiger partial charge is 0.418 e. The molecule has 0 spiro atoms. The number of benzene rings is 3. The van der Waals surface area contributed by atoms with Gasteiger partial charge in [-0.1, -0.05) is 24.1 Å². The number of carbonyl (C=O) groups excluding carboxylic acids is 4. The number of likely N-dealkylation sites (tertiary alicyclic amines) is 1. The molecular formula is C45H43F3N10O4. The zero-order chi connectivity index (χ0) is 43.1. The van der Waals surface area contributed by atoms with E-state index in [1.165, 1.54) is 22.2 Å². The van der Waals surface area contributed by atoms with E-state index in [4.69, 9.17) is 0 Å². The van der Waals surface area contributed by atoms with E-state index in [1.54, 1.807) is 46.1 Å². The number of urea groups is 1. The number of anilines is 2. The van der Waals surface area contributed by atoms with Gasteiger partial charge >= 0.3 is 12.2 Å². The molecule has 4 aliphatic rings. The smallest absolute Gasteiger partial charge is 0.368 e. The normalized spacial score (nSPS) is 17.9. The third kappa shape index (κ3) is 8.30. The second-order valence-corrected chi connectivity index (χ2v) is 16.0. The molecule has 14 nitrogen and oxygen atoms in total. The van der Waals surface area contributed by atoms with Crippen molar-refractivity contribution in [3.05, 3.63) is 124 Å². The van der Waals surface area contributed by atoms with Gasteiger partial charge in [-0.15, -0.1) is 0 Å². The number of halogens is 3. The Morgan fingerprint density at radius 1 is 0.903 bits per heavy atom. The first-order valence-corrected chi connectivity index (χ1v) is 20.6. The Morgan fingerprint density at radius 2 is 1.71 bits per heavy atom. The van der Waals surface area contributed by atoms with E-state index in [2.05, 4.69) is 42.4 Å². The molecule has 17 heteroatoms. The lowest BCUT2D eigenvalue weighted by molar-refractivity contribution is -0.137. The molecule has 3 saturated heterocycles. The van der Waals surface area contributed by atoms with Crippen LogP contribution < -0.4 is 15.5 Å². The molecule has 4 aliphatic heterocycles. The highest BCUT2D eigenvalue weighted by molar-refractivity contribution is 6.05. The van der Waals surface area contributed by atoms with Gasteiger partial charge in [0.25, 0.3) is 11.8 Å². The summed E-state index contributed by atoms with van der Waals surface area (Å²) in [5.74, 6) is 4.96. The zero-order valence-electron chi connectivity index (χ0n) is 33.9. The van der Waals surface area contributed by atoms with Gasteiger partial charge in [-0.2, -0.15) is 18.3 Å². The van der Waals surface area contributed by atoms with Crippen molar-refractivity contribution in [2.24, 2.45) is 0 Å². The van der Waals surface area contributed by atoms with E-state index in [-0.39, 0.29) is 48.3 Å². The van der Waals surface area contributed by atoms with E-state index in [9.17, 15) is 32.3 Å². The van der Waals surface area contributed by atoms with Gasteiger partial charge < -0.3 is 10.2 Å². The Balaban J connectivity index is 0.785. The number of fused-ring (bicyclic) bond motifs is 2. The standard InChI is InChI=1S/C45H43F3N10O4/c1-29-4-6-32(24-31(29)7-9-36-26-49-40-3-2-15-50-58(36)40)42(60)51-34-8-11-39(38(25-34)45(46,47)48)55-21-19-54(20-22-55)35-12-16-53(17-13-35)27-30-5-10-37-33(23-30)28-57(43(37)61)56-18-14-41(59)52-44(56)62/h2-6,8,10-11,15,23-26,35H,12-14,16-22,27-28H2,1H3,(H,51,60)(H,52,59,62). The molecule has 3 aromatic carbocycles. The van der Waals surface area contributed by atoms with Crippen molar-refractivity contribution < 1.29 is 32.3 Å². The van der Waals surface area contributed by atoms with E-state index in [0.29, 0.717) is 61.2 Å². The quantitative estimate of drug-likeness (QED) is 0.209. The Bertz CT molecular complexity index is 2660. The molecule has 0 aliphatic carbocycles. The summed E-state index contributed by atoms with van der Waals surface area (Å²) in [6, 6.07) is 18.0. The lowest BCUT2D eigenvalue weighted by Crippen LogP contribution is -2.56. The van der Waals surface area contributed by atoms with Crippen LogP contribution in [0.25, 0.3) is 5.65 Å². The SMILES string of the molecule is Cc1ccc(C(=O)Nc2ccc(N3CCN(C4CCN(Cc5ccc6c(c5)CN(N5CCC(=O)NC5=O)C6=O)CC4)CC3)c(C(F)(F)F)c2)cc1C#Cc1cnc2cccnn12. The molecule has 2 N–H and O–H groups in total. The number of piperidine rings is 1. The molecule has 3 fully saturated rings. The number of alkyl halides is 3. The Hall–Kier alpha value is -6.77. The average molecular weight is 845 g/mol. The Kier molecular flexibility index (Phi) is 10.9. The molecule has 5 amide bonds. The van der Waals surface area contributed by atoms with Crippen molar-refractivity contribution >= 4 is 40.8 Å². The van der Waals surface area contributed by atoms with Crippen molar-refractivity contribution in [1.82, 2.24) is 39.7 Å². The van der Waals surface area contributed by atoms with Gasteiger partial charge in [0.2, 0.25) is 5.91 Å². The van der Waals surface area contributed by atoms with Gasteiger partial charge in [-0.3, -0.25) is 29.5 Å². The van der Waals surface area contributed by atoms with Crippen molar-refractivity contribution in [2.45, 2.75) is 51.5 Å². The summed E-state index contributed by atoms with van der Waals surface area (Å²) in [6.07, 6.45) is 0.597. The number of carbonyl (C=O) groups is 4. The van der Waals surface area contributed by atoms with Crippen LogP contribution in [-0.4, -0.2) is 110 Å². The minimum absolute atomic E-state index is 0.0436. The number of piperazine rings is 1. The number of aromatic nitrogens is 3. The number of nitrogens with zero attached hydrogens (tertiary/aromatic N) is 8. The number of amides is 5. The van der Waals surface area contributed by atoms with Crippen molar-refractivity contribution in [3.63, 3.8) is 0 Å². The summed E-state index contributed by atoms with van der Waals surface area (Å²) in [5.41, 5.74) is 4.71. The molecule has 6 heterocycles. The lowest BCUT2D eigenvalue weighted by Gasteiger charge is -2.43. The number of hydrogen-bond acceptors (Lipinski definition) is 9. The average Bonchev–Trinajstić information content (AvgIpc) is 3.83. The fourth-order valence-electron chi connectivity index (χ4n) is 8.73. The highest BCUT2D eigenvalue weighted by Gasteiger charge is 2.38. The van der Waals surface area contributed by atoms with Crippen molar-refractivity contribution in [3.8, 4) is 11.8 Å². The molecule has 0 atom stereocenters. The van der Waals surface area contributed by atoms with Gasteiger partial charge in [-0.05, 0) is 104 Å². The first-order valence-electron chi connectivity index (χ1n) is 20.6. The molecular weight excluding hydrogens is 802 g/mol. The number of imidazole rings is 1. The van der Waals surface area contributed by atoms with Crippen LogP contribution in [-0.2, 0) is 24.1 Å². The molecule has 0 radical (unpaired) electrons. The highest BCUT2D eigenvalue weighted by Crippen LogP contribution is 2.39. The monoisotopic (exact) mass is 844 g/mol. The summed E-state index contributed by atoms with van der Waals surface area (Å²) >= 11 is 0. The maximum absolute atomic E-state index is 14.6. The van der Waals surface area contributed by atoms with Crippen molar-refractivity contribution in [1.29, 1.82) is 0 Å². The second-order valence-electron chi connectivity index (χ2n) is 16.0. The van der Waals surface area contributed by atoms with Crippen LogP contribution in [0.4, 0.5) is 29.3 Å². The molecule has 0 bridgehead atoms. The predicted molar refractivity (Wildman–Crippen MR) is 223 cm³/mol. The minimum Gasteiger partial charge on any atom is -0.368 e. The second kappa shape index (κ2) is 16.6.